The Labute approximate surface area is 119 Å². The van der Waals surface area contributed by atoms with E-state index in [0.717, 1.165) is 55.6 Å². The molecule has 0 radical (unpaired) electrons. The highest BCUT2D eigenvalue weighted by atomic mass is 35.5. The summed E-state index contributed by atoms with van der Waals surface area (Å²) < 4.78 is 25.1. The second kappa shape index (κ2) is 6.58. The smallest absolute Gasteiger partial charge is 0.126 e. The number of rotatable bonds is 3. The Morgan fingerprint density at radius 1 is 1.16 bits per heavy atom. The van der Waals surface area contributed by atoms with Crippen LogP contribution in [-0.2, 0) is 17.6 Å². The fraction of sp³-hybridized carbons (Fsp3) is 0.600. The summed E-state index contributed by atoms with van der Waals surface area (Å²) >= 11 is 0. The van der Waals surface area contributed by atoms with Crippen LogP contribution in [0.1, 0.15) is 36.8 Å². The van der Waals surface area contributed by atoms with Gasteiger partial charge >= 0.3 is 0 Å². The van der Waals surface area contributed by atoms with Crippen LogP contribution in [0, 0.1) is 5.82 Å². The van der Waals surface area contributed by atoms with Crippen molar-refractivity contribution < 1.29 is 13.9 Å². The third kappa shape index (κ3) is 3.21. The van der Waals surface area contributed by atoms with E-state index >= 15 is 0 Å². The van der Waals surface area contributed by atoms with E-state index in [4.69, 9.17) is 9.47 Å². The van der Waals surface area contributed by atoms with Gasteiger partial charge in [-0.05, 0) is 56.2 Å². The highest BCUT2D eigenvalue weighted by Crippen LogP contribution is 2.32. The molecule has 2 aliphatic rings. The second-order valence-corrected chi connectivity index (χ2v) is 5.16. The van der Waals surface area contributed by atoms with Gasteiger partial charge in [-0.2, -0.15) is 0 Å². The van der Waals surface area contributed by atoms with E-state index < -0.39 is 0 Å². The zero-order chi connectivity index (χ0) is 12.4. The summed E-state index contributed by atoms with van der Waals surface area (Å²) in [6, 6.07) is 3.30. The third-order valence-corrected chi connectivity index (χ3v) is 3.88. The molecule has 1 atom stereocenters. The summed E-state index contributed by atoms with van der Waals surface area (Å²) in [5, 5.41) is 0. The summed E-state index contributed by atoms with van der Waals surface area (Å²) in [6.45, 7) is 1.44. The minimum Gasteiger partial charge on any atom is -0.491 e. The van der Waals surface area contributed by atoms with Crippen LogP contribution in [0.25, 0.3) is 0 Å². The first-order chi connectivity index (χ1) is 8.84. The number of hydrogen-bond acceptors (Lipinski definition) is 2. The standard InChI is InChI=1S/C15H19FO2.ClH/c16-14-7-8-15(13-6-3-5-12(13)14)18-10-11-4-1-2-9-17-11;/h7-8,11H,1-6,9-10H2;1H/t11-;/m0./s1. The molecule has 1 saturated heterocycles. The number of hydrogen-bond donors (Lipinski definition) is 0. The molecule has 0 N–H and O–H groups in total. The van der Waals surface area contributed by atoms with Gasteiger partial charge in [0.05, 0.1) is 6.10 Å². The third-order valence-electron chi connectivity index (χ3n) is 3.88. The van der Waals surface area contributed by atoms with Gasteiger partial charge in [-0.3, -0.25) is 0 Å². The maximum atomic E-state index is 13.6. The topological polar surface area (TPSA) is 18.5 Å². The molecule has 1 fully saturated rings. The zero-order valence-electron chi connectivity index (χ0n) is 11.0. The second-order valence-electron chi connectivity index (χ2n) is 5.16. The lowest BCUT2D eigenvalue weighted by Gasteiger charge is -2.23. The van der Waals surface area contributed by atoms with Crippen LogP contribution in [0.4, 0.5) is 4.39 Å². The van der Waals surface area contributed by atoms with Gasteiger partial charge in [-0.15, -0.1) is 12.4 Å². The van der Waals surface area contributed by atoms with Crippen LogP contribution >= 0.6 is 12.4 Å². The van der Waals surface area contributed by atoms with Crippen molar-refractivity contribution in [2.75, 3.05) is 13.2 Å². The largest absolute Gasteiger partial charge is 0.491 e. The molecule has 1 aromatic carbocycles. The normalized spacial score (nSPS) is 21.6. The molecular formula is C15H20ClFO2. The van der Waals surface area contributed by atoms with Gasteiger partial charge in [0, 0.05) is 12.2 Å². The van der Waals surface area contributed by atoms with Crippen molar-refractivity contribution in [1.29, 1.82) is 0 Å². The quantitative estimate of drug-likeness (QED) is 0.844. The van der Waals surface area contributed by atoms with Crippen molar-refractivity contribution in [3.8, 4) is 5.75 Å². The van der Waals surface area contributed by atoms with E-state index in [-0.39, 0.29) is 24.3 Å². The van der Waals surface area contributed by atoms with Crippen LogP contribution < -0.4 is 4.74 Å². The molecule has 1 aliphatic heterocycles. The predicted octanol–water partition coefficient (Wildman–Crippen LogP) is 3.68. The fourth-order valence-electron chi connectivity index (χ4n) is 2.89. The van der Waals surface area contributed by atoms with Crippen molar-refractivity contribution in [3.63, 3.8) is 0 Å². The molecule has 0 amide bonds. The van der Waals surface area contributed by atoms with Crippen molar-refractivity contribution in [2.24, 2.45) is 0 Å². The molecule has 0 saturated carbocycles. The van der Waals surface area contributed by atoms with Crippen LogP contribution in [0.15, 0.2) is 12.1 Å². The SMILES string of the molecule is Cl.Fc1ccc(OC[C@@H]2CCCCO2)c2c1CCC2. The average molecular weight is 287 g/mol. The molecule has 19 heavy (non-hydrogen) atoms. The first kappa shape index (κ1) is 14.6. The van der Waals surface area contributed by atoms with Gasteiger partial charge in [-0.1, -0.05) is 0 Å². The lowest BCUT2D eigenvalue weighted by atomic mass is 10.1. The molecular weight excluding hydrogens is 267 g/mol. The van der Waals surface area contributed by atoms with Gasteiger partial charge in [0.15, 0.2) is 0 Å². The minimum atomic E-state index is -0.0798. The Morgan fingerprint density at radius 3 is 2.79 bits per heavy atom. The molecule has 4 heteroatoms. The Kier molecular flexibility index (Phi) is 5.06. The Bertz CT molecular complexity index is 430. The van der Waals surface area contributed by atoms with Crippen molar-refractivity contribution in [1.82, 2.24) is 0 Å². The Hall–Kier alpha value is -0.800. The van der Waals surface area contributed by atoms with E-state index in [9.17, 15) is 4.39 Å². The van der Waals surface area contributed by atoms with Crippen LogP contribution in [0.3, 0.4) is 0 Å². The van der Waals surface area contributed by atoms with Gasteiger partial charge in [0.1, 0.15) is 18.2 Å². The van der Waals surface area contributed by atoms with Gasteiger partial charge in [-0.25, -0.2) is 4.39 Å². The molecule has 0 unspecified atom stereocenters. The van der Waals surface area contributed by atoms with E-state index in [1.54, 1.807) is 6.07 Å². The van der Waals surface area contributed by atoms with Crippen molar-refractivity contribution >= 4 is 12.4 Å². The molecule has 0 spiro atoms. The predicted molar refractivity (Wildman–Crippen MR) is 74.8 cm³/mol. The van der Waals surface area contributed by atoms with Gasteiger partial charge in [0.2, 0.25) is 0 Å². The average Bonchev–Trinajstić information content (AvgIpc) is 2.90. The molecule has 1 aromatic rings. The lowest BCUT2D eigenvalue weighted by molar-refractivity contribution is -0.0112. The van der Waals surface area contributed by atoms with E-state index in [2.05, 4.69) is 0 Å². The number of fused-ring (bicyclic) bond motifs is 1. The highest BCUT2D eigenvalue weighted by molar-refractivity contribution is 5.85. The number of ether oxygens (including phenoxy) is 2. The first-order valence-electron chi connectivity index (χ1n) is 6.89. The highest BCUT2D eigenvalue weighted by Gasteiger charge is 2.21. The van der Waals surface area contributed by atoms with Gasteiger partial charge < -0.3 is 9.47 Å². The molecule has 0 aromatic heterocycles. The van der Waals surface area contributed by atoms with Crippen molar-refractivity contribution in [2.45, 2.75) is 44.6 Å². The van der Waals surface area contributed by atoms with E-state index in [1.165, 1.54) is 12.5 Å². The molecule has 0 bridgehead atoms. The minimum absolute atomic E-state index is 0. The summed E-state index contributed by atoms with van der Waals surface area (Å²) in [4.78, 5) is 0. The molecule has 106 valence electrons. The first-order valence-corrected chi connectivity index (χ1v) is 6.89. The lowest BCUT2D eigenvalue weighted by Crippen LogP contribution is -2.26. The number of halogens is 2. The maximum absolute atomic E-state index is 13.6. The van der Waals surface area contributed by atoms with Crippen LogP contribution in [-0.4, -0.2) is 19.3 Å². The molecule has 1 aliphatic carbocycles. The maximum Gasteiger partial charge on any atom is 0.126 e. The fourth-order valence-corrected chi connectivity index (χ4v) is 2.89. The summed E-state index contributed by atoms with van der Waals surface area (Å²) in [7, 11) is 0. The zero-order valence-corrected chi connectivity index (χ0v) is 11.8. The Morgan fingerprint density at radius 2 is 2.00 bits per heavy atom. The summed E-state index contributed by atoms with van der Waals surface area (Å²) in [5.74, 6) is 0.779. The van der Waals surface area contributed by atoms with Crippen LogP contribution in [0.5, 0.6) is 5.75 Å². The van der Waals surface area contributed by atoms with Gasteiger partial charge in [0.25, 0.3) is 0 Å². The van der Waals surface area contributed by atoms with Crippen LogP contribution in [0.2, 0.25) is 0 Å². The summed E-state index contributed by atoms with van der Waals surface area (Å²) in [5.41, 5.74) is 1.93. The monoisotopic (exact) mass is 286 g/mol. The molecule has 3 rings (SSSR count). The summed E-state index contributed by atoms with van der Waals surface area (Å²) in [6.07, 6.45) is 6.47. The molecule has 2 nitrogen and oxygen atoms in total. The van der Waals surface area contributed by atoms with Crippen molar-refractivity contribution in [3.05, 3.63) is 29.1 Å². The Balaban J connectivity index is 0.00000133. The van der Waals surface area contributed by atoms with E-state index in [0.29, 0.717) is 6.61 Å². The van der Waals surface area contributed by atoms with E-state index in [1.807, 2.05) is 0 Å². The molecule has 1 heterocycles. The number of benzene rings is 1.